The van der Waals surface area contributed by atoms with Gasteiger partial charge in [-0.05, 0) is 109 Å². The molecule has 0 aliphatic heterocycles. The van der Waals surface area contributed by atoms with Crippen LogP contribution >= 0.6 is 0 Å². The van der Waals surface area contributed by atoms with E-state index in [0.29, 0.717) is 29.6 Å². The second kappa shape index (κ2) is 7.84. The number of esters is 1. The second-order valence-corrected chi connectivity index (χ2v) is 15.3. The molecular formula is C32H52O3. The highest BCUT2D eigenvalue weighted by atomic mass is 16.5. The zero-order valence-electron chi connectivity index (χ0n) is 23.9. The van der Waals surface area contributed by atoms with Crippen LogP contribution in [0.5, 0.6) is 0 Å². The number of hydrogen-bond donors (Lipinski definition) is 1. The summed E-state index contributed by atoms with van der Waals surface area (Å²) < 4.78 is 5.89. The standard InChI is InChI=1S/C32H52O3/c1-19-12-15-30(7)25(34)18-32(9)22(27(30)20(19)2)10-11-24-29(6)16-14-26(35-21(3)33)28(4,5)23(29)13-17-31(24,32)8/h20,22-27,34H,1,10-18H2,2-9H3. The highest BCUT2D eigenvalue weighted by Gasteiger charge is 2.71. The van der Waals surface area contributed by atoms with Crippen LogP contribution in [0.4, 0.5) is 0 Å². The predicted molar refractivity (Wildman–Crippen MR) is 142 cm³/mol. The zero-order valence-corrected chi connectivity index (χ0v) is 23.9. The fraction of sp³-hybridized carbons (Fsp3) is 0.906. The van der Waals surface area contributed by atoms with Crippen LogP contribution < -0.4 is 0 Å². The van der Waals surface area contributed by atoms with Crippen molar-refractivity contribution >= 4 is 5.97 Å². The summed E-state index contributed by atoms with van der Waals surface area (Å²) in [4.78, 5) is 11.9. The maximum atomic E-state index is 11.9. The Kier molecular flexibility index (Phi) is 5.78. The molecule has 0 radical (unpaired) electrons. The Morgan fingerprint density at radius 2 is 1.60 bits per heavy atom. The van der Waals surface area contributed by atoms with E-state index >= 15 is 0 Å². The van der Waals surface area contributed by atoms with Gasteiger partial charge in [0.05, 0.1) is 6.10 Å². The van der Waals surface area contributed by atoms with E-state index in [-0.39, 0.29) is 45.3 Å². The van der Waals surface area contributed by atoms with Gasteiger partial charge in [-0.15, -0.1) is 0 Å². The third-order valence-electron chi connectivity index (χ3n) is 13.9. The van der Waals surface area contributed by atoms with Gasteiger partial charge in [0, 0.05) is 12.3 Å². The van der Waals surface area contributed by atoms with Gasteiger partial charge in [0.1, 0.15) is 6.10 Å². The van der Waals surface area contributed by atoms with E-state index in [2.05, 4.69) is 55.0 Å². The quantitative estimate of drug-likeness (QED) is 0.308. The van der Waals surface area contributed by atoms with Crippen LogP contribution in [0, 0.1) is 56.7 Å². The molecule has 11 atom stereocenters. The fourth-order valence-electron chi connectivity index (χ4n) is 11.8. The van der Waals surface area contributed by atoms with Gasteiger partial charge in [-0.1, -0.05) is 60.6 Å². The van der Waals surface area contributed by atoms with E-state index in [1.807, 2.05) is 0 Å². The summed E-state index contributed by atoms with van der Waals surface area (Å²) in [6, 6.07) is 0. The molecule has 35 heavy (non-hydrogen) atoms. The van der Waals surface area contributed by atoms with Gasteiger partial charge in [0.25, 0.3) is 0 Å². The van der Waals surface area contributed by atoms with Crippen LogP contribution in [0.2, 0.25) is 0 Å². The molecule has 5 saturated carbocycles. The van der Waals surface area contributed by atoms with Crippen LogP contribution in [-0.2, 0) is 9.53 Å². The summed E-state index contributed by atoms with van der Waals surface area (Å²) >= 11 is 0. The summed E-state index contributed by atoms with van der Waals surface area (Å²) in [6.45, 7) is 23.4. The van der Waals surface area contributed by atoms with Gasteiger partial charge in [-0.3, -0.25) is 4.79 Å². The summed E-state index contributed by atoms with van der Waals surface area (Å²) in [6.07, 6.45) is 10.1. The third kappa shape index (κ3) is 3.21. The van der Waals surface area contributed by atoms with Crippen LogP contribution in [0.3, 0.4) is 0 Å². The van der Waals surface area contributed by atoms with Crippen molar-refractivity contribution < 1.29 is 14.6 Å². The van der Waals surface area contributed by atoms with E-state index in [9.17, 15) is 9.90 Å². The predicted octanol–water partition coefficient (Wildman–Crippen LogP) is 7.57. The molecule has 0 aromatic carbocycles. The molecule has 0 saturated heterocycles. The Morgan fingerprint density at radius 3 is 2.26 bits per heavy atom. The molecule has 5 fully saturated rings. The van der Waals surface area contributed by atoms with Crippen molar-refractivity contribution in [2.75, 3.05) is 0 Å². The van der Waals surface area contributed by atoms with E-state index < -0.39 is 0 Å². The minimum absolute atomic E-state index is 0.00195. The van der Waals surface area contributed by atoms with Gasteiger partial charge >= 0.3 is 5.97 Å². The molecule has 5 aliphatic rings. The van der Waals surface area contributed by atoms with Crippen molar-refractivity contribution in [3.8, 4) is 0 Å². The molecule has 1 N–H and O–H groups in total. The summed E-state index contributed by atoms with van der Waals surface area (Å²) in [5.41, 5.74) is 2.08. The lowest BCUT2D eigenvalue weighted by atomic mass is 9.31. The number of carbonyl (C=O) groups excluding carboxylic acids is 1. The molecular weight excluding hydrogens is 432 g/mol. The fourth-order valence-corrected chi connectivity index (χ4v) is 11.8. The Morgan fingerprint density at radius 1 is 0.914 bits per heavy atom. The lowest BCUT2D eigenvalue weighted by Crippen LogP contribution is -2.69. The SMILES string of the molecule is C=C1CCC2(C)C(O)CC3(C)C(CCC4C5(C)CCC(OC(C)=O)C(C)(C)C5CCC43C)C2C1C. The smallest absolute Gasteiger partial charge is 0.302 e. The van der Waals surface area contributed by atoms with Crippen molar-refractivity contribution in [2.45, 2.75) is 125 Å². The number of aliphatic hydroxyl groups is 1. The van der Waals surface area contributed by atoms with E-state index in [1.165, 1.54) is 31.3 Å². The monoisotopic (exact) mass is 484 g/mol. The minimum Gasteiger partial charge on any atom is -0.462 e. The maximum absolute atomic E-state index is 11.9. The van der Waals surface area contributed by atoms with Crippen molar-refractivity contribution in [3.63, 3.8) is 0 Å². The first-order valence-corrected chi connectivity index (χ1v) is 14.7. The largest absolute Gasteiger partial charge is 0.462 e. The molecule has 3 heteroatoms. The Labute approximate surface area is 214 Å². The highest BCUT2D eigenvalue weighted by molar-refractivity contribution is 5.66. The normalized spacial score (nSPS) is 55.1. The zero-order chi connectivity index (χ0) is 25.8. The Hall–Kier alpha value is -0.830. The van der Waals surface area contributed by atoms with Gasteiger partial charge in [-0.2, -0.15) is 0 Å². The first-order valence-electron chi connectivity index (χ1n) is 14.7. The molecule has 0 spiro atoms. The molecule has 5 aliphatic carbocycles. The summed E-state index contributed by atoms with van der Waals surface area (Å²) in [7, 11) is 0. The van der Waals surface area contributed by atoms with Crippen LogP contribution in [0.15, 0.2) is 12.2 Å². The second-order valence-electron chi connectivity index (χ2n) is 15.3. The highest BCUT2D eigenvalue weighted by Crippen LogP contribution is 2.77. The van der Waals surface area contributed by atoms with E-state index in [1.54, 1.807) is 6.92 Å². The Bertz CT molecular complexity index is 906. The Balaban J connectivity index is 1.53. The molecule has 0 aromatic rings. The average molecular weight is 485 g/mol. The number of aliphatic hydroxyl groups excluding tert-OH is 1. The average Bonchev–Trinajstić information content (AvgIpc) is 2.75. The third-order valence-corrected chi connectivity index (χ3v) is 13.9. The van der Waals surface area contributed by atoms with Crippen molar-refractivity contribution in [3.05, 3.63) is 12.2 Å². The van der Waals surface area contributed by atoms with Crippen LogP contribution in [0.25, 0.3) is 0 Å². The summed E-state index contributed by atoms with van der Waals surface area (Å²) in [5, 5.41) is 11.8. The molecule has 5 rings (SSSR count). The van der Waals surface area contributed by atoms with E-state index in [0.717, 1.165) is 32.1 Å². The first-order chi connectivity index (χ1) is 16.1. The first kappa shape index (κ1) is 25.8. The number of ether oxygens (including phenoxy) is 1. The minimum atomic E-state index is -0.221. The van der Waals surface area contributed by atoms with Crippen molar-refractivity contribution in [1.82, 2.24) is 0 Å². The molecule has 11 unspecified atom stereocenters. The lowest BCUT2D eigenvalue weighted by molar-refractivity contribution is -0.270. The molecule has 3 nitrogen and oxygen atoms in total. The summed E-state index contributed by atoms with van der Waals surface area (Å²) in [5.74, 6) is 2.79. The van der Waals surface area contributed by atoms with Crippen molar-refractivity contribution in [1.29, 1.82) is 0 Å². The van der Waals surface area contributed by atoms with Gasteiger partial charge in [0.15, 0.2) is 0 Å². The van der Waals surface area contributed by atoms with E-state index in [4.69, 9.17) is 4.74 Å². The van der Waals surface area contributed by atoms with Crippen LogP contribution in [0.1, 0.15) is 113 Å². The lowest BCUT2D eigenvalue weighted by Gasteiger charge is -2.74. The molecule has 198 valence electrons. The van der Waals surface area contributed by atoms with Gasteiger partial charge < -0.3 is 9.84 Å². The number of rotatable bonds is 1. The van der Waals surface area contributed by atoms with Gasteiger partial charge in [-0.25, -0.2) is 0 Å². The topological polar surface area (TPSA) is 46.5 Å². The molecule has 0 amide bonds. The molecule has 0 bridgehead atoms. The number of fused-ring (bicyclic) bond motifs is 7. The molecule has 0 aromatic heterocycles. The van der Waals surface area contributed by atoms with Gasteiger partial charge in [0.2, 0.25) is 0 Å². The maximum Gasteiger partial charge on any atom is 0.302 e. The molecule has 0 heterocycles. The number of allylic oxidation sites excluding steroid dienone is 1. The number of carbonyl (C=O) groups is 1. The number of hydrogen-bond acceptors (Lipinski definition) is 3. The van der Waals surface area contributed by atoms with Crippen LogP contribution in [-0.4, -0.2) is 23.3 Å². The van der Waals surface area contributed by atoms with Crippen molar-refractivity contribution in [2.24, 2.45) is 56.7 Å².